The molecule has 0 fully saturated rings. The molecule has 25 heavy (non-hydrogen) atoms. The van der Waals surface area contributed by atoms with Crippen LogP contribution >= 0.6 is 22.7 Å². The lowest BCUT2D eigenvalue weighted by atomic mass is 10.0. The molecular formula is C17H19N3O3S2. The SMILES string of the molecule is C[C@@H]1c2ccsc2CCN1C(=O)CNC(=O)CNC(=O)c1cccs1. The van der Waals surface area contributed by atoms with Crippen molar-refractivity contribution in [1.29, 1.82) is 0 Å². The molecule has 132 valence electrons. The Balaban J connectivity index is 1.44. The van der Waals surface area contributed by atoms with Gasteiger partial charge in [0.15, 0.2) is 0 Å². The molecule has 3 amide bonds. The number of fused-ring (bicyclic) bond motifs is 1. The van der Waals surface area contributed by atoms with E-state index in [0.29, 0.717) is 11.4 Å². The zero-order chi connectivity index (χ0) is 17.8. The summed E-state index contributed by atoms with van der Waals surface area (Å²) in [5.74, 6) is -0.771. The van der Waals surface area contributed by atoms with Gasteiger partial charge in [-0.1, -0.05) is 6.07 Å². The molecule has 8 heteroatoms. The van der Waals surface area contributed by atoms with Crippen molar-refractivity contribution in [3.63, 3.8) is 0 Å². The molecule has 2 aromatic rings. The maximum absolute atomic E-state index is 12.4. The average molecular weight is 377 g/mol. The number of thiophene rings is 2. The molecule has 0 radical (unpaired) electrons. The zero-order valence-electron chi connectivity index (χ0n) is 13.8. The summed E-state index contributed by atoms with van der Waals surface area (Å²) in [5, 5.41) is 8.97. The van der Waals surface area contributed by atoms with Gasteiger partial charge in [-0.25, -0.2) is 0 Å². The summed E-state index contributed by atoms with van der Waals surface area (Å²) < 4.78 is 0. The average Bonchev–Trinajstić information content (AvgIpc) is 3.29. The van der Waals surface area contributed by atoms with Crippen molar-refractivity contribution in [2.75, 3.05) is 19.6 Å². The molecule has 2 N–H and O–H groups in total. The van der Waals surface area contributed by atoms with Crippen LogP contribution in [0.3, 0.4) is 0 Å². The third kappa shape index (κ3) is 4.08. The molecule has 3 rings (SSSR count). The number of carbonyl (C=O) groups is 3. The third-order valence-electron chi connectivity index (χ3n) is 4.19. The van der Waals surface area contributed by atoms with Crippen LogP contribution in [0.4, 0.5) is 0 Å². The van der Waals surface area contributed by atoms with E-state index >= 15 is 0 Å². The molecule has 0 aliphatic carbocycles. The first-order chi connectivity index (χ1) is 12.1. The van der Waals surface area contributed by atoms with Crippen molar-refractivity contribution >= 4 is 40.4 Å². The fourth-order valence-corrected chi connectivity index (χ4v) is 4.45. The predicted molar refractivity (Wildman–Crippen MR) is 97.8 cm³/mol. The molecule has 0 saturated carbocycles. The van der Waals surface area contributed by atoms with Gasteiger partial charge in [-0.15, -0.1) is 22.7 Å². The summed E-state index contributed by atoms with van der Waals surface area (Å²) in [5.41, 5.74) is 1.19. The minimum atomic E-state index is -0.376. The molecule has 6 nitrogen and oxygen atoms in total. The fourth-order valence-electron chi connectivity index (χ4n) is 2.84. The molecule has 0 unspecified atom stereocenters. The van der Waals surface area contributed by atoms with Gasteiger partial charge in [-0.3, -0.25) is 14.4 Å². The number of nitrogens with zero attached hydrogens (tertiary/aromatic N) is 1. The van der Waals surface area contributed by atoms with E-state index in [-0.39, 0.29) is 36.9 Å². The van der Waals surface area contributed by atoms with Gasteiger partial charge in [0, 0.05) is 11.4 Å². The first-order valence-corrected chi connectivity index (χ1v) is 9.76. The topological polar surface area (TPSA) is 78.5 Å². The number of rotatable bonds is 5. The van der Waals surface area contributed by atoms with E-state index in [1.807, 2.05) is 12.3 Å². The Morgan fingerprint density at radius 2 is 2.00 bits per heavy atom. The van der Waals surface area contributed by atoms with Gasteiger partial charge < -0.3 is 15.5 Å². The Kier molecular flexibility index (Phi) is 5.50. The van der Waals surface area contributed by atoms with Crippen molar-refractivity contribution in [3.05, 3.63) is 44.3 Å². The highest BCUT2D eigenvalue weighted by Gasteiger charge is 2.28. The van der Waals surface area contributed by atoms with Gasteiger partial charge in [0.1, 0.15) is 0 Å². The molecule has 3 heterocycles. The van der Waals surface area contributed by atoms with Crippen LogP contribution in [0.25, 0.3) is 0 Å². The molecule has 1 aliphatic heterocycles. The van der Waals surface area contributed by atoms with E-state index < -0.39 is 0 Å². The van der Waals surface area contributed by atoms with E-state index in [2.05, 4.69) is 16.7 Å². The maximum atomic E-state index is 12.4. The summed E-state index contributed by atoms with van der Waals surface area (Å²) >= 11 is 3.03. The van der Waals surface area contributed by atoms with Crippen LogP contribution in [-0.2, 0) is 16.0 Å². The molecule has 0 spiro atoms. The molecule has 0 saturated heterocycles. The van der Waals surface area contributed by atoms with Crippen LogP contribution < -0.4 is 10.6 Å². The summed E-state index contributed by atoms with van der Waals surface area (Å²) in [4.78, 5) is 39.7. The highest BCUT2D eigenvalue weighted by atomic mass is 32.1. The van der Waals surface area contributed by atoms with Gasteiger partial charge in [-0.05, 0) is 41.8 Å². The minimum Gasteiger partial charge on any atom is -0.345 e. The Labute approximate surface area is 153 Å². The molecule has 0 bridgehead atoms. The van der Waals surface area contributed by atoms with Crippen molar-refractivity contribution in [2.45, 2.75) is 19.4 Å². The first-order valence-electron chi connectivity index (χ1n) is 8.00. The minimum absolute atomic E-state index is 0.0259. The van der Waals surface area contributed by atoms with E-state index in [4.69, 9.17) is 0 Å². The quantitative estimate of drug-likeness (QED) is 0.834. The fraction of sp³-hybridized carbons (Fsp3) is 0.353. The summed E-state index contributed by atoms with van der Waals surface area (Å²) in [7, 11) is 0. The van der Waals surface area contributed by atoms with Gasteiger partial charge in [0.2, 0.25) is 11.8 Å². The second-order valence-electron chi connectivity index (χ2n) is 5.75. The lowest BCUT2D eigenvalue weighted by Crippen LogP contribution is -2.46. The van der Waals surface area contributed by atoms with Gasteiger partial charge in [0.05, 0.1) is 24.0 Å². The van der Waals surface area contributed by atoms with Crippen molar-refractivity contribution in [2.24, 2.45) is 0 Å². The van der Waals surface area contributed by atoms with Crippen molar-refractivity contribution in [1.82, 2.24) is 15.5 Å². The second-order valence-corrected chi connectivity index (χ2v) is 7.70. The Morgan fingerprint density at radius 3 is 2.76 bits per heavy atom. The number of amides is 3. The predicted octanol–water partition coefficient (Wildman–Crippen LogP) is 1.80. The number of nitrogens with one attached hydrogen (secondary N) is 2. The monoisotopic (exact) mass is 377 g/mol. The largest absolute Gasteiger partial charge is 0.345 e. The van der Waals surface area contributed by atoms with Gasteiger partial charge in [0.25, 0.3) is 5.91 Å². The number of hydrogen-bond donors (Lipinski definition) is 2. The van der Waals surface area contributed by atoms with Gasteiger partial charge >= 0.3 is 0 Å². The lowest BCUT2D eigenvalue weighted by molar-refractivity contribution is -0.134. The number of hydrogen-bond acceptors (Lipinski definition) is 5. The molecule has 1 aliphatic rings. The van der Waals surface area contributed by atoms with E-state index in [0.717, 1.165) is 6.42 Å². The first kappa shape index (κ1) is 17.6. The Hall–Kier alpha value is -2.19. The zero-order valence-corrected chi connectivity index (χ0v) is 15.4. The number of carbonyl (C=O) groups excluding carboxylic acids is 3. The van der Waals surface area contributed by atoms with E-state index in [1.54, 1.807) is 33.7 Å². The highest BCUT2D eigenvalue weighted by molar-refractivity contribution is 7.12. The summed E-state index contributed by atoms with van der Waals surface area (Å²) in [6.45, 7) is 2.47. The molecular weight excluding hydrogens is 358 g/mol. The van der Waals surface area contributed by atoms with Crippen LogP contribution in [0.15, 0.2) is 29.0 Å². The van der Waals surface area contributed by atoms with Crippen LogP contribution in [-0.4, -0.2) is 42.3 Å². The second kappa shape index (κ2) is 7.79. The maximum Gasteiger partial charge on any atom is 0.261 e. The van der Waals surface area contributed by atoms with Crippen LogP contribution in [0, 0.1) is 0 Å². The Bertz CT molecular complexity index is 770. The smallest absolute Gasteiger partial charge is 0.261 e. The van der Waals surface area contributed by atoms with Crippen molar-refractivity contribution < 1.29 is 14.4 Å². The van der Waals surface area contributed by atoms with Crippen molar-refractivity contribution in [3.8, 4) is 0 Å². The van der Waals surface area contributed by atoms with Gasteiger partial charge in [-0.2, -0.15) is 0 Å². The summed E-state index contributed by atoms with van der Waals surface area (Å²) in [6.07, 6.45) is 0.855. The van der Waals surface area contributed by atoms with Crippen LogP contribution in [0.1, 0.15) is 33.1 Å². The van der Waals surface area contributed by atoms with E-state index in [9.17, 15) is 14.4 Å². The lowest BCUT2D eigenvalue weighted by Gasteiger charge is -2.33. The normalized spacial score (nSPS) is 16.2. The van der Waals surface area contributed by atoms with Crippen LogP contribution in [0.2, 0.25) is 0 Å². The summed E-state index contributed by atoms with van der Waals surface area (Å²) in [6, 6.07) is 5.55. The third-order valence-corrected chi connectivity index (χ3v) is 6.05. The van der Waals surface area contributed by atoms with Crippen LogP contribution in [0.5, 0.6) is 0 Å². The highest BCUT2D eigenvalue weighted by Crippen LogP contribution is 2.32. The molecule has 1 atom stereocenters. The molecule has 2 aromatic heterocycles. The van der Waals surface area contributed by atoms with E-state index in [1.165, 1.54) is 21.8 Å². The Morgan fingerprint density at radius 1 is 1.16 bits per heavy atom. The standard InChI is InChI=1S/C17H19N3O3S2/c1-11-12-5-8-25-13(12)4-6-20(11)16(22)10-18-15(21)9-19-17(23)14-3-2-7-24-14/h2-3,5,7-8,11H,4,6,9-10H2,1H3,(H,18,21)(H,19,23)/t11-/m1/s1. The molecule has 0 aromatic carbocycles.